The zero-order valence-corrected chi connectivity index (χ0v) is 12.7. The van der Waals surface area contributed by atoms with Crippen LogP contribution in [0.25, 0.3) is 0 Å². The van der Waals surface area contributed by atoms with Crippen LogP contribution in [0.2, 0.25) is 0 Å². The maximum absolute atomic E-state index is 11.6. The molecule has 2 saturated heterocycles. The first-order valence-corrected chi connectivity index (χ1v) is 7.68. The Morgan fingerprint density at radius 1 is 0.783 bits per heavy atom. The molecule has 0 aromatic heterocycles. The van der Waals surface area contributed by atoms with Crippen LogP contribution in [0, 0.1) is 0 Å². The quantitative estimate of drug-likeness (QED) is 0.613. The van der Waals surface area contributed by atoms with E-state index in [1.165, 1.54) is 0 Å². The van der Waals surface area contributed by atoms with Crippen LogP contribution in [-0.4, -0.2) is 31.3 Å². The molecule has 0 N–H and O–H groups in total. The third-order valence-corrected chi connectivity index (χ3v) is 4.26. The number of benzene rings is 1. The summed E-state index contributed by atoms with van der Waals surface area (Å²) in [5, 5.41) is 0. The topological polar surface area (TPSA) is 78.9 Å². The fourth-order valence-corrected chi connectivity index (χ4v) is 3.00. The van der Waals surface area contributed by atoms with E-state index in [4.69, 9.17) is 9.47 Å². The van der Waals surface area contributed by atoms with Crippen LogP contribution in [0.5, 0.6) is 0 Å². The number of ether oxygens (including phenoxy) is 3. The van der Waals surface area contributed by atoms with Crippen LogP contribution in [-0.2, 0) is 28.6 Å². The normalized spacial score (nSPS) is 23.7. The molecule has 0 aliphatic carbocycles. The smallest absolute Gasteiger partial charge is 0.314 e. The van der Waals surface area contributed by atoms with Gasteiger partial charge in [-0.05, 0) is 23.5 Å². The van der Waals surface area contributed by atoms with Crippen molar-refractivity contribution in [1.82, 2.24) is 0 Å². The summed E-state index contributed by atoms with van der Waals surface area (Å²) in [7, 11) is 0. The lowest BCUT2D eigenvalue weighted by molar-refractivity contribution is -0.164. The number of rotatable bonds is 2. The van der Waals surface area contributed by atoms with E-state index in [9.17, 15) is 14.4 Å². The summed E-state index contributed by atoms with van der Waals surface area (Å²) in [5.74, 6) is -1.30. The number of cyclic esters (lactones) is 3. The highest BCUT2D eigenvalue weighted by atomic mass is 16.7. The van der Waals surface area contributed by atoms with Gasteiger partial charge in [0.2, 0.25) is 0 Å². The van der Waals surface area contributed by atoms with E-state index in [0.29, 0.717) is 13.0 Å². The van der Waals surface area contributed by atoms with Crippen molar-refractivity contribution in [3.8, 4) is 0 Å². The molecule has 1 unspecified atom stereocenters. The highest BCUT2D eigenvalue weighted by Gasteiger charge is 2.28. The Hall–Kier alpha value is -2.21. The van der Waals surface area contributed by atoms with E-state index in [0.717, 1.165) is 17.5 Å². The van der Waals surface area contributed by atoms with Gasteiger partial charge < -0.3 is 14.2 Å². The number of hydrogen-bond acceptors (Lipinski definition) is 6. The molecule has 122 valence electrons. The first-order valence-electron chi connectivity index (χ1n) is 7.68. The van der Waals surface area contributed by atoms with Gasteiger partial charge in [-0.25, -0.2) is 0 Å². The molecule has 2 aliphatic rings. The van der Waals surface area contributed by atoms with Gasteiger partial charge in [-0.2, -0.15) is 0 Å². The van der Waals surface area contributed by atoms with Crippen molar-refractivity contribution in [3.05, 3.63) is 35.4 Å². The summed E-state index contributed by atoms with van der Waals surface area (Å²) in [6, 6.07) is 7.71. The fraction of sp³-hybridized carbons (Fsp3) is 0.471. The minimum Gasteiger partial charge on any atom is -0.438 e. The van der Waals surface area contributed by atoms with E-state index in [1.807, 2.05) is 24.3 Å². The molecular weight excluding hydrogens is 300 g/mol. The predicted molar refractivity (Wildman–Crippen MR) is 78.4 cm³/mol. The second kappa shape index (κ2) is 6.91. The maximum atomic E-state index is 11.6. The Morgan fingerprint density at radius 3 is 2.00 bits per heavy atom. The molecule has 23 heavy (non-hydrogen) atoms. The minimum absolute atomic E-state index is 0.0241. The fourth-order valence-electron chi connectivity index (χ4n) is 3.00. The Kier molecular flexibility index (Phi) is 4.71. The average Bonchev–Trinajstić information content (AvgIpc) is 2.50. The molecule has 2 fully saturated rings. The number of esters is 3. The lowest BCUT2D eigenvalue weighted by Crippen LogP contribution is -2.24. The van der Waals surface area contributed by atoms with Crippen LogP contribution >= 0.6 is 0 Å². The monoisotopic (exact) mass is 318 g/mol. The first kappa shape index (κ1) is 15.7. The second-order valence-electron chi connectivity index (χ2n) is 5.85. The highest BCUT2D eigenvalue weighted by molar-refractivity contribution is 5.89. The van der Waals surface area contributed by atoms with Gasteiger partial charge in [-0.15, -0.1) is 0 Å². The molecule has 0 saturated carbocycles. The molecule has 0 radical (unpaired) electrons. The van der Waals surface area contributed by atoms with Gasteiger partial charge >= 0.3 is 17.9 Å². The van der Waals surface area contributed by atoms with Crippen molar-refractivity contribution < 1.29 is 28.6 Å². The van der Waals surface area contributed by atoms with Crippen LogP contribution < -0.4 is 0 Å². The molecule has 6 heteroatoms. The molecule has 1 aromatic rings. The van der Waals surface area contributed by atoms with E-state index < -0.39 is 11.9 Å². The van der Waals surface area contributed by atoms with E-state index in [2.05, 4.69) is 4.74 Å². The van der Waals surface area contributed by atoms with Gasteiger partial charge in [0.25, 0.3) is 0 Å². The molecule has 0 bridgehead atoms. The summed E-state index contributed by atoms with van der Waals surface area (Å²) in [6.07, 6.45) is 1.52. The van der Waals surface area contributed by atoms with Gasteiger partial charge in [0.05, 0.1) is 25.9 Å². The summed E-state index contributed by atoms with van der Waals surface area (Å²) >= 11 is 0. The molecular formula is C17H18O6. The molecule has 1 atom stereocenters. The van der Waals surface area contributed by atoms with E-state index in [-0.39, 0.29) is 37.4 Å². The minimum atomic E-state index is -0.477. The van der Waals surface area contributed by atoms with Gasteiger partial charge in [-0.1, -0.05) is 24.3 Å². The van der Waals surface area contributed by atoms with Gasteiger partial charge in [0.15, 0.2) is 6.79 Å². The van der Waals surface area contributed by atoms with E-state index in [1.54, 1.807) is 0 Å². The molecule has 0 spiro atoms. The predicted octanol–water partition coefficient (Wildman–Crippen LogP) is 2.03. The number of hydrogen-bond donors (Lipinski definition) is 0. The van der Waals surface area contributed by atoms with Crippen LogP contribution in [0.15, 0.2) is 24.3 Å². The van der Waals surface area contributed by atoms with Gasteiger partial charge in [0.1, 0.15) is 0 Å². The third kappa shape index (κ3) is 3.96. The average molecular weight is 318 g/mol. The van der Waals surface area contributed by atoms with Crippen molar-refractivity contribution >= 4 is 17.9 Å². The molecule has 2 heterocycles. The summed E-state index contributed by atoms with van der Waals surface area (Å²) < 4.78 is 14.7. The number of carbonyl (C=O) groups excluding carboxylic acids is 3. The second-order valence-corrected chi connectivity index (χ2v) is 5.85. The largest absolute Gasteiger partial charge is 0.438 e. The van der Waals surface area contributed by atoms with Crippen molar-refractivity contribution in [2.45, 2.75) is 37.5 Å². The van der Waals surface area contributed by atoms with Crippen LogP contribution in [0.3, 0.4) is 0 Å². The lowest BCUT2D eigenvalue weighted by atomic mass is 9.87. The summed E-state index contributed by atoms with van der Waals surface area (Å²) in [5.41, 5.74) is 1.96. The third-order valence-electron chi connectivity index (χ3n) is 4.26. The molecule has 6 nitrogen and oxygen atoms in total. The summed E-state index contributed by atoms with van der Waals surface area (Å²) in [4.78, 5) is 34.4. The standard InChI is InChI=1S/C17H18O6/c18-15-7-13(5-6-21-10-22-15)11-1-3-12(4-2-11)14-8-16(19)23-17(20)9-14/h1-4,13-14H,5-10H2. The molecule has 3 rings (SSSR count). The highest BCUT2D eigenvalue weighted by Crippen LogP contribution is 2.31. The Labute approximate surface area is 133 Å². The molecule has 1 aromatic carbocycles. The Balaban J connectivity index is 1.72. The Bertz CT molecular complexity index is 590. The molecule has 0 amide bonds. The van der Waals surface area contributed by atoms with Gasteiger partial charge in [-0.3, -0.25) is 14.4 Å². The maximum Gasteiger partial charge on any atom is 0.314 e. The van der Waals surface area contributed by atoms with Crippen LogP contribution in [0.4, 0.5) is 0 Å². The summed E-state index contributed by atoms with van der Waals surface area (Å²) in [6.45, 7) is 0.568. The number of carbonyl (C=O) groups is 3. The van der Waals surface area contributed by atoms with Crippen molar-refractivity contribution in [2.24, 2.45) is 0 Å². The Morgan fingerprint density at radius 2 is 1.35 bits per heavy atom. The molecule has 2 aliphatic heterocycles. The first-order chi connectivity index (χ1) is 11.1. The lowest BCUT2D eigenvalue weighted by Gasteiger charge is -2.22. The van der Waals surface area contributed by atoms with Crippen molar-refractivity contribution in [1.29, 1.82) is 0 Å². The zero-order valence-electron chi connectivity index (χ0n) is 12.7. The SMILES string of the molecule is O=C1CC(c2ccc(C3CC(=O)OC(=O)C3)cc2)CCOCO1. The van der Waals surface area contributed by atoms with Gasteiger partial charge in [0, 0.05) is 5.92 Å². The van der Waals surface area contributed by atoms with Crippen LogP contribution in [0.1, 0.15) is 48.6 Å². The van der Waals surface area contributed by atoms with Crippen molar-refractivity contribution in [3.63, 3.8) is 0 Å². The zero-order chi connectivity index (χ0) is 16.2. The van der Waals surface area contributed by atoms with Crippen molar-refractivity contribution in [2.75, 3.05) is 13.4 Å². The van der Waals surface area contributed by atoms with E-state index >= 15 is 0 Å².